The second-order valence-corrected chi connectivity index (χ2v) is 6.02. The summed E-state index contributed by atoms with van der Waals surface area (Å²) in [6.07, 6.45) is 21.0. The summed E-state index contributed by atoms with van der Waals surface area (Å²) in [4.78, 5) is 4.59. The largest absolute Gasteiger partial charge is 4.00 e. The molecule has 0 aromatic carbocycles. The van der Waals surface area contributed by atoms with Gasteiger partial charge in [0, 0.05) is 0 Å². The molecule has 2 aliphatic carbocycles. The summed E-state index contributed by atoms with van der Waals surface area (Å²) in [6, 6.07) is 0. The third-order valence-electron chi connectivity index (χ3n) is 0.992. The van der Waals surface area contributed by atoms with Crippen molar-refractivity contribution in [1.29, 1.82) is 0 Å². The van der Waals surface area contributed by atoms with Crippen LogP contribution in [0.3, 0.4) is 0 Å². The first-order valence-corrected chi connectivity index (χ1v) is 11.7. The first-order valence-electron chi connectivity index (χ1n) is 5.94. The van der Waals surface area contributed by atoms with Gasteiger partial charge in [0.25, 0.3) is 0 Å². The molecule has 0 aromatic heterocycles. The van der Waals surface area contributed by atoms with Crippen LogP contribution in [0.5, 0.6) is 0 Å². The Morgan fingerprint density at radius 1 is 0.650 bits per heavy atom. The molecule has 2 fully saturated rings. The Morgan fingerprint density at radius 3 is 0.850 bits per heavy atom. The molecule has 2 aliphatic rings. The van der Waals surface area contributed by atoms with E-state index in [0.717, 1.165) is 0 Å². The molecule has 0 aromatic rings. The number of hydrogen-bond donors (Lipinski definition) is 0. The predicted molar refractivity (Wildman–Crippen MR) is 88.8 cm³/mol. The molecule has 4 heteroatoms. The van der Waals surface area contributed by atoms with Crippen LogP contribution in [-0.4, -0.2) is 49.3 Å². The normalized spacial score (nSPS) is 14.3. The van der Waals surface area contributed by atoms with Crippen LogP contribution < -0.4 is 0 Å². The van der Waals surface area contributed by atoms with Crippen molar-refractivity contribution < 1.29 is 26.2 Å². The van der Waals surface area contributed by atoms with E-state index in [1.807, 2.05) is 51.4 Å². The summed E-state index contributed by atoms with van der Waals surface area (Å²) in [5, 5.41) is 7.00. The minimum Gasteiger partial charge on any atom is 4.00 e. The van der Waals surface area contributed by atoms with Gasteiger partial charge in [0.15, 0.2) is 0 Å². The Bertz CT molecular complexity index is 78.7. The average molecular weight is 456 g/mol. The molecule has 2 nitrogen and oxygen atoms in total. The van der Waals surface area contributed by atoms with Gasteiger partial charge in [-0.05, 0) is 0 Å². The molecule has 20 heavy (non-hydrogen) atoms. The molecule has 0 N–H and O–H groups in total. The topological polar surface area (TPSA) is 28.2 Å². The summed E-state index contributed by atoms with van der Waals surface area (Å²) >= 11 is 0.230. The van der Waals surface area contributed by atoms with Gasteiger partial charge in [-0.15, -0.1) is 0 Å². The monoisotopic (exact) mass is 456 g/mol. The van der Waals surface area contributed by atoms with Crippen LogP contribution in [-0.2, 0) is 26.2 Å². The standard InChI is InChI=1S/2C5H4.2C2H6N.2CH3.Sn.Zr/c2*1-2-4-5-3-1;2*1-3-2;;;;/h2*1-4H;2*1-2H3;2*1H3;;/q4*-1;;;+2;+4. The second kappa shape index (κ2) is 37.1. The molecular formula is C16H26N2SnZr+2. The number of rotatable bonds is 0. The molecule has 0 atom stereocenters. The Labute approximate surface area is 159 Å². The molecule has 0 saturated heterocycles. The van der Waals surface area contributed by atoms with Crippen LogP contribution >= 0.6 is 0 Å². The summed E-state index contributed by atoms with van der Waals surface area (Å²) in [6.45, 7) is 0. The maximum atomic E-state index is 3.50. The van der Waals surface area contributed by atoms with Gasteiger partial charge in [-0.2, -0.15) is 28.2 Å². The van der Waals surface area contributed by atoms with Crippen molar-refractivity contribution in [3.8, 4) is 0 Å². The SMILES string of the molecule is C[N-]C.C[N-]C.[C-]1[CH][CH][CH][CH]1.[C-]1[CH][CH][CH][CH]1.[CH3][Sn+2][CH3].[Zr+4]. The van der Waals surface area contributed by atoms with E-state index in [9.17, 15) is 0 Å². The van der Waals surface area contributed by atoms with Gasteiger partial charge in [-0.1, -0.05) is 25.7 Å². The maximum absolute atomic E-state index is 3.50. The van der Waals surface area contributed by atoms with Crippen molar-refractivity contribution in [3.63, 3.8) is 0 Å². The third kappa shape index (κ3) is 50.4. The maximum Gasteiger partial charge on any atom is 4.00 e. The van der Waals surface area contributed by atoms with E-state index in [0.29, 0.717) is 0 Å². The van der Waals surface area contributed by atoms with Crippen molar-refractivity contribution >= 4 is 21.1 Å². The molecule has 0 aliphatic heterocycles. The van der Waals surface area contributed by atoms with Crippen molar-refractivity contribution in [1.82, 2.24) is 0 Å². The molecule has 2 saturated carbocycles. The summed E-state index contributed by atoms with van der Waals surface area (Å²) < 4.78 is 0. The molecule has 10 radical (unpaired) electrons. The van der Waals surface area contributed by atoms with Gasteiger partial charge in [-0.3, -0.25) is 0 Å². The van der Waals surface area contributed by atoms with Crippen molar-refractivity contribution in [2.45, 2.75) is 9.88 Å². The predicted octanol–water partition coefficient (Wildman–Crippen LogP) is 3.82. The molecule has 0 amide bonds. The van der Waals surface area contributed by atoms with Gasteiger partial charge in [-0.25, -0.2) is 25.7 Å². The molecule has 106 valence electrons. The smallest absolute Gasteiger partial charge is 4.00 e. The van der Waals surface area contributed by atoms with Crippen LogP contribution in [0.4, 0.5) is 0 Å². The fraction of sp³-hybridized carbons (Fsp3) is 0.375. The van der Waals surface area contributed by atoms with Crippen LogP contribution in [0.1, 0.15) is 0 Å². The van der Waals surface area contributed by atoms with E-state index in [-0.39, 0.29) is 47.3 Å². The first kappa shape index (κ1) is 29.6. The van der Waals surface area contributed by atoms with Gasteiger partial charge in [0.05, 0.1) is 0 Å². The van der Waals surface area contributed by atoms with Crippen LogP contribution in [0.2, 0.25) is 9.88 Å². The van der Waals surface area contributed by atoms with E-state index < -0.39 is 0 Å². The fourth-order valence-corrected chi connectivity index (χ4v) is 0.556. The first-order chi connectivity index (χ1) is 9.24. The van der Waals surface area contributed by atoms with E-state index in [1.54, 1.807) is 28.2 Å². The molecular weight excluding hydrogens is 430 g/mol. The molecule has 0 unspecified atom stereocenters. The Hall–Kier alpha value is 1.60. The van der Waals surface area contributed by atoms with Gasteiger partial charge in [0.2, 0.25) is 0 Å². The van der Waals surface area contributed by atoms with Crippen LogP contribution in [0.25, 0.3) is 10.6 Å². The summed E-state index contributed by atoms with van der Waals surface area (Å²) in [7, 11) is 7.00. The zero-order chi connectivity index (χ0) is 15.2. The molecule has 0 bridgehead atoms. The molecule has 2 rings (SSSR count). The number of nitrogens with zero attached hydrogens (tertiary/aromatic N) is 2. The minimum absolute atomic E-state index is 0. The van der Waals surface area contributed by atoms with Crippen molar-refractivity contribution in [2.75, 3.05) is 28.2 Å². The third-order valence-corrected chi connectivity index (χ3v) is 0.992. The van der Waals surface area contributed by atoms with Crippen LogP contribution in [0.15, 0.2) is 0 Å². The van der Waals surface area contributed by atoms with Crippen molar-refractivity contribution in [3.05, 3.63) is 74.8 Å². The fourth-order valence-electron chi connectivity index (χ4n) is 0.556. The molecule has 0 heterocycles. The van der Waals surface area contributed by atoms with Gasteiger partial charge < -0.3 is 23.5 Å². The van der Waals surface area contributed by atoms with E-state index in [1.165, 1.54) is 0 Å². The zero-order valence-electron chi connectivity index (χ0n) is 13.5. The summed E-state index contributed by atoms with van der Waals surface area (Å²) in [5.41, 5.74) is 0. The van der Waals surface area contributed by atoms with E-state index in [4.69, 9.17) is 0 Å². The zero-order valence-corrected chi connectivity index (χ0v) is 18.8. The summed E-state index contributed by atoms with van der Waals surface area (Å²) in [5.74, 6) is 0. The van der Waals surface area contributed by atoms with Crippen molar-refractivity contribution in [2.24, 2.45) is 0 Å². The Kier molecular flexibility index (Phi) is 54.9. The molecule has 0 spiro atoms. The van der Waals surface area contributed by atoms with Gasteiger partial charge in [0.1, 0.15) is 0 Å². The van der Waals surface area contributed by atoms with E-state index in [2.05, 4.69) is 33.4 Å². The second-order valence-electron chi connectivity index (χ2n) is 3.16. The number of hydrogen-bond acceptors (Lipinski definition) is 0. The van der Waals surface area contributed by atoms with Gasteiger partial charge >= 0.3 is 57.2 Å². The van der Waals surface area contributed by atoms with E-state index >= 15 is 0 Å². The quantitative estimate of drug-likeness (QED) is 0.392. The van der Waals surface area contributed by atoms with Crippen LogP contribution in [0, 0.1) is 64.2 Å². The average Bonchev–Trinajstić information content (AvgIpc) is 3.11. The minimum atomic E-state index is 0. The Morgan fingerprint density at radius 2 is 0.800 bits per heavy atom. The Balaban J connectivity index is -0.0000000816.